The average molecular weight is 531 g/mol. The third kappa shape index (κ3) is 7.54. The highest BCUT2D eigenvalue weighted by Crippen LogP contribution is 2.53. The number of nitrogens with zero attached hydrogens (tertiary/aromatic N) is 2. The van der Waals surface area contributed by atoms with Crippen molar-refractivity contribution in [3.05, 3.63) is 23.3 Å². The summed E-state index contributed by atoms with van der Waals surface area (Å²) in [6, 6.07) is 7.10. The summed E-state index contributed by atoms with van der Waals surface area (Å²) in [6.07, 6.45) is 0. The molecular weight excluding hydrogens is 496 g/mol. The van der Waals surface area contributed by atoms with Crippen molar-refractivity contribution in [1.29, 1.82) is 10.5 Å². The van der Waals surface area contributed by atoms with Crippen LogP contribution in [0.5, 0.6) is 23.0 Å². The smallest absolute Gasteiger partial charge is 0.171 e. The van der Waals surface area contributed by atoms with E-state index in [1.807, 2.05) is 0 Å². The van der Waals surface area contributed by atoms with E-state index in [1.54, 1.807) is 0 Å². The van der Waals surface area contributed by atoms with Crippen molar-refractivity contribution in [2.75, 3.05) is 92.8 Å². The van der Waals surface area contributed by atoms with Crippen LogP contribution >= 0.6 is 0 Å². The van der Waals surface area contributed by atoms with E-state index in [0.29, 0.717) is 0 Å². The Kier molecular flexibility index (Phi) is 12.8. The number of rotatable bonds is 17. The molecule has 0 saturated heterocycles. The van der Waals surface area contributed by atoms with E-state index in [9.17, 15) is 10.5 Å². The summed E-state index contributed by atoms with van der Waals surface area (Å²) in [6.45, 7) is 1.68. The van der Waals surface area contributed by atoms with Crippen LogP contribution in [0.1, 0.15) is 11.1 Å². The maximum atomic E-state index is 9.86. The van der Waals surface area contributed by atoms with Crippen LogP contribution < -0.4 is 30.4 Å². The topological polar surface area (TPSA) is 173 Å². The first-order chi connectivity index (χ1) is 18.5. The second kappa shape index (κ2) is 16.0. The van der Waals surface area contributed by atoms with Gasteiger partial charge in [0.05, 0.1) is 60.1 Å². The Morgan fingerprint density at radius 2 is 0.868 bits per heavy atom. The molecule has 0 bridgehead atoms. The van der Waals surface area contributed by atoms with Gasteiger partial charge in [-0.1, -0.05) is 0 Å². The Morgan fingerprint density at radius 3 is 1.16 bits per heavy atom. The van der Waals surface area contributed by atoms with Gasteiger partial charge in [-0.3, -0.25) is 0 Å². The quantitative estimate of drug-likeness (QED) is 0.226. The molecule has 12 nitrogen and oxygen atoms in total. The van der Waals surface area contributed by atoms with E-state index in [1.165, 1.54) is 40.6 Å². The SMILES string of the molecule is COCCOc1cc(C#N)c(N)c(-c2c(N)c(C#N)cc(OCCOC)c2OCCOC)c1OCCOC. The molecular formula is C26H34N4O8. The largest absolute Gasteiger partial charge is 0.487 e. The molecule has 0 spiro atoms. The first-order valence-corrected chi connectivity index (χ1v) is 11.7. The second-order valence-electron chi connectivity index (χ2n) is 7.67. The van der Waals surface area contributed by atoms with Gasteiger partial charge in [0.2, 0.25) is 0 Å². The van der Waals surface area contributed by atoms with Crippen LogP contribution in [-0.2, 0) is 18.9 Å². The van der Waals surface area contributed by atoms with Crippen LogP contribution in [0.4, 0.5) is 11.4 Å². The fourth-order valence-corrected chi connectivity index (χ4v) is 3.42. The lowest BCUT2D eigenvalue weighted by Crippen LogP contribution is -2.14. The lowest BCUT2D eigenvalue weighted by Gasteiger charge is -2.24. The van der Waals surface area contributed by atoms with Crippen molar-refractivity contribution < 1.29 is 37.9 Å². The van der Waals surface area contributed by atoms with Gasteiger partial charge >= 0.3 is 0 Å². The standard InChI is InChI=1S/C26H34N4O8/c1-31-5-9-35-19-13-17(15-27)23(29)21(25(19)37-11-7-33-3)22-24(30)18(16-28)14-20(36-10-6-32-2)26(22)38-12-8-34-4/h13-14H,5-12,29-30H2,1-4H3. The molecule has 0 radical (unpaired) electrons. The van der Waals surface area contributed by atoms with Crippen LogP contribution in [0.25, 0.3) is 11.1 Å². The summed E-state index contributed by atoms with van der Waals surface area (Å²) >= 11 is 0. The maximum absolute atomic E-state index is 9.86. The summed E-state index contributed by atoms with van der Waals surface area (Å²) in [5.74, 6) is 0.836. The molecule has 12 heteroatoms. The van der Waals surface area contributed by atoms with Gasteiger partial charge in [-0.05, 0) is 0 Å². The predicted octanol–water partition coefficient (Wildman–Crippen LogP) is 2.36. The first kappa shape index (κ1) is 30.3. The summed E-state index contributed by atoms with van der Waals surface area (Å²) in [5.41, 5.74) is 13.8. The third-order valence-corrected chi connectivity index (χ3v) is 5.22. The van der Waals surface area contributed by atoms with E-state index in [4.69, 9.17) is 49.4 Å². The van der Waals surface area contributed by atoms with E-state index < -0.39 is 0 Å². The summed E-state index contributed by atoms with van der Waals surface area (Å²) in [5, 5.41) is 19.7. The minimum atomic E-state index is 0.0558. The molecule has 0 amide bonds. The molecule has 0 fully saturated rings. The van der Waals surface area contributed by atoms with Gasteiger partial charge in [0, 0.05) is 40.6 Å². The van der Waals surface area contributed by atoms with E-state index >= 15 is 0 Å². The van der Waals surface area contributed by atoms with Gasteiger partial charge in [-0.15, -0.1) is 0 Å². The Hall–Kier alpha value is -3.94. The van der Waals surface area contributed by atoms with Crippen molar-refractivity contribution in [3.63, 3.8) is 0 Å². The molecule has 2 rings (SSSR count). The van der Waals surface area contributed by atoms with Crippen molar-refractivity contribution in [2.45, 2.75) is 0 Å². The number of benzene rings is 2. The number of nitrogen functional groups attached to an aromatic ring is 2. The molecule has 2 aromatic carbocycles. The minimum Gasteiger partial charge on any atom is -0.487 e. The summed E-state index contributed by atoms with van der Waals surface area (Å²) in [4.78, 5) is 0. The van der Waals surface area contributed by atoms with Crippen molar-refractivity contribution in [1.82, 2.24) is 0 Å². The van der Waals surface area contributed by atoms with E-state index in [2.05, 4.69) is 12.1 Å². The van der Waals surface area contributed by atoms with Crippen molar-refractivity contribution in [3.8, 4) is 46.3 Å². The molecule has 0 aliphatic carbocycles. The van der Waals surface area contributed by atoms with Crippen LogP contribution in [0.15, 0.2) is 12.1 Å². The van der Waals surface area contributed by atoms with Gasteiger partial charge in [-0.2, -0.15) is 10.5 Å². The van der Waals surface area contributed by atoms with Crippen molar-refractivity contribution in [2.24, 2.45) is 0 Å². The number of hydrogen-bond acceptors (Lipinski definition) is 12. The zero-order valence-corrected chi connectivity index (χ0v) is 22.1. The van der Waals surface area contributed by atoms with E-state index in [0.717, 1.165) is 0 Å². The molecule has 38 heavy (non-hydrogen) atoms. The number of ether oxygens (including phenoxy) is 8. The molecule has 0 atom stereocenters. The normalized spacial score (nSPS) is 10.5. The van der Waals surface area contributed by atoms with Crippen LogP contribution in [0.3, 0.4) is 0 Å². The molecule has 206 valence electrons. The lowest BCUT2D eigenvalue weighted by molar-refractivity contribution is 0.131. The molecule has 0 saturated carbocycles. The molecule has 0 aliphatic rings. The Balaban J connectivity index is 2.93. The van der Waals surface area contributed by atoms with E-state index in [-0.39, 0.29) is 109 Å². The predicted molar refractivity (Wildman–Crippen MR) is 140 cm³/mol. The number of nitrogens with two attached hydrogens (primary N) is 2. The number of anilines is 2. The third-order valence-electron chi connectivity index (χ3n) is 5.22. The molecule has 0 aliphatic heterocycles. The highest BCUT2D eigenvalue weighted by molar-refractivity contribution is 5.98. The van der Waals surface area contributed by atoms with Crippen LogP contribution in [0, 0.1) is 22.7 Å². The lowest BCUT2D eigenvalue weighted by atomic mass is 9.94. The summed E-state index contributed by atoms with van der Waals surface area (Å²) < 4.78 is 44.4. The highest BCUT2D eigenvalue weighted by atomic mass is 16.6. The van der Waals surface area contributed by atoms with Gasteiger partial charge in [0.25, 0.3) is 0 Å². The van der Waals surface area contributed by atoms with Gasteiger partial charge in [0.1, 0.15) is 38.6 Å². The zero-order valence-electron chi connectivity index (χ0n) is 22.1. The molecule has 0 aromatic heterocycles. The van der Waals surface area contributed by atoms with Crippen LogP contribution in [-0.4, -0.2) is 81.3 Å². The fraction of sp³-hybridized carbons (Fsp3) is 0.462. The number of hydrogen-bond donors (Lipinski definition) is 2. The average Bonchev–Trinajstić information content (AvgIpc) is 2.92. The van der Waals surface area contributed by atoms with Crippen LogP contribution in [0.2, 0.25) is 0 Å². The zero-order chi connectivity index (χ0) is 27.9. The Bertz CT molecular complexity index is 1050. The highest BCUT2D eigenvalue weighted by Gasteiger charge is 2.29. The van der Waals surface area contributed by atoms with Crippen molar-refractivity contribution >= 4 is 11.4 Å². The second-order valence-corrected chi connectivity index (χ2v) is 7.67. The molecule has 0 unspecified atom stereocenters. The minimum absolute atomic E-state index is 0.0558. The fourth-order valence-electron chi connectivity index (χ4n) is 3.42. The molecule has 0 heterocycles. The molecule has 4 N–H and O–H groups in total. The Labute approximate surface area is 222 Å². The maximum Gasteiger partial charge on any atom is 0.171 e. The monoisotopic (exact) mass is 530 g/mol. The molecule has 2 aromatic rings. The van der Waals surface area contributed by atoms with Gasteiger partial charge in [0.15, 0.2) is 23.0 Å². The number of nitriles is 2. The van der Waals surface area contributed by atoms with Gasteiger partial charge in [-0.25, -0.2) is 0 Å². The summed E-state index contributed by atoms with van der Waals surface area (Å²) in [7, 11) is 6.15. The van der Waals surface area contributed by atoms with Gasteiger partial charge < -0.3 is 49.4 Å². The Morgan fingerprint density at radius 1 is 0.553 bits per heavy atom. The number of methoxy groups -OCH3 is 4. The first-order valence-electron chi connectivity index (χ1n) is 11.7.